The number of hydrogen-bond acceptors (Lipinski definition) is 8. The number of primary amides is 1. The van der Waals surface area contributed by atoms with Crippen molar-refractivity contribution in [2.24, 2.45) is 5.73 Å². The number of anilines is 1. The average Bonchev–Trinajstić information content (AvgIpc) is 3.75. The molecule has 4 aromatic carbocycles. The van der Waals surface area contributed by atoms with Gasteiger partial charge in [0.15, 0.2) is 0 Å². The molecule has 0 saturated heterocycles. The van der Waals surface area contributed by atoms with E-state index in [0.29, 0.717) is 31.5 Å². The van der Waals surface area contributed by atoms with E-state index < -0.39 is 53.8 Å². The SMILES string of the molecule is CC(OCc1ccc(CCCNC(=O)OC(C)(C)C)cc1)C(CCC(N)=O)NC(=O)[C@@H]1Cc2cccc3c2N1C(=O)[C@@H](NC(=O)OCC1c2ccccc2-c2ccccc21)CC3. The van der Waals surface area contributed by atoms with Gasteiger partial charge >= 0.3 is 12.2 Å². The van der Waals surface area contributed by atoms with Crippen molar-refractivity contribution in [2.45, 2.75) is 115 Å². The molecule has 0 fully saturated rings. The van der Waals surface area contributed by atoms with Gasteiger partial charge in [0.2, 0.25) is 17.7 Å². The van der Waals surface area contributed by atoms with E-state index in [2.05, 4.69) is 28.1 Å². The Kier molecular flexibility index (Phi) is 13.6. The van der Waals surface area contributed by atoms with Gasteiger partial charge in [0.25, 0.3) is 0 Å². The lowest BCUT2D eigenvalue weighted by atomic mass is 9.98. The minimum absolute atomic E-state index is 0.0277. The number of rotatable bonds is 16. The van der Waals surface area contributed by atoms with Gasteiger partial charge in [-0.3, -0.25) is 19.3 Å². The number of nitrogens with zero attached hydrogens (tertiary/aromatic N) is 1. The zero-order chi connectivity index (χ0) is 44.0. The molecule has 7 rings (SSSR count). The Labute approximate surface area is 363 Å². The fourth-order valence-electron chi connectivity index (χ4n) is 8.70. The lowest BCUT2D eigenvalue weighted by molar-refractivity contribution is -0.128. The van der Waals surface area contributed by atoms with Gasteiger partial charge in [-0.2, -0.15) is 0 Å². The van der Waals surface area contributed by atoms with Gasteiger partial charge in [-0.15, -0.1) is 0 Å². The number of nitrogens with one attached hydrogen (secondary N) is 3. The number of fused-ring (bicyclic) bond motifs is 3. The van der Waals surface area contributed by atoms with Gasteiger partial charge in [0.05, 0.1) is 24.4 Å². The van der Waals surface area contributed by atoms with Crippen molar-refractivity contribution in [3.8, 4) is 11.1 Å². The van der Waals surface area contributed by atoms with Crippen molar-refractivity contribution >= 4 is 35.6 Å². The number of ether oxygens (including phenoxy) is 3. The van der Waals surface area contributed by atoms with Gasteiger partial charge < -0.3 is 35.9 Å². The molecule has 4 aromatic rings. The molecule has 5 amide bonds. The van der Waals surface area contributed by atoms with Gasteiger partial charge in [-0.1, -0.05) is 91.0 Å². The Morgan fingerprint density at radius 2 is 1.52 bits per heavy atom. The van der Waals surface area contributed by atoms with Gasteiger partial charge in [-0.05, 0) is 104 Å². The first kappa shape index (κ1) is 43.9. The van der Waals surface area contributed by atoms with Crippen LogP contribution in [0.1, 0.15) is 92.7 Å². The monoisotopic (exact) mass is 843 g/mol. The molecular weight excluding hydrogens is 787 g/mol. The molecule has 2 heterocycles. The van der Waals surface area contributed by atoms with Crippen LogP contribution < -0.4 is 26.6 Å². The third kappa shape index (κ3) is 10.4. The molecule has 2 unspecified atom stereocenters. The number of benzene rings is 4. The van der Waals surface area contributed by atoms with Crippen LogP contribution in [0.2, 0.25) is 0 Å². The first-order valence-corrected chi connectivity index (χ1v) is 21.6. The maximum atomic E-state index is 14.4. The normalized spacial score (nSPS) is 17.5. The lowest BCUT2D eigenvalue weighted by Gasteiger charge is -2.31. The van der Waals surface area contributed by atoms with Crippen LogP contribution in [0.15, 0.2) is 91.0 Å². The van der Waals surface area contributed by atoms with Crippen LogP contribution in [0.4, 0.5) is 15.3 Å². The van der Waals surface area contributed by atoms with E-state index in [4.69, 9.17) is 19.9 Å². The first-order valence-electron chi connectivity index (χ1n) is 21.6. The van der Waals surface area contributed by atoms with E-state index in [-0.39, 0.29) is 37.9 Å². The molecule has 3 aliphatic rings. The minimum atomic E-state index is -0.924. The second kappa shape index (κ2) is 19.2. The summed E-state index contributed by atoms with van der Waals surface area (Å²) in [6, 6.07) is 27.6. The van der Waals surface area contributed by atoms with Crippen molar-refractivity contribution in [1.29, 1.82) is 0 Å². The summed E-state index contributed by atoms with van der Waals surface area (Å²) in [7, 11) is 0. The predicted octanol–water partition coefficient (Wildman–Crippen LogP) is 6.61. The predicted molar refractivity (Wildman–Crippen MR) is 235 cm³/mol. The van der Waals surface area contributed by atoms with Crippen LogP contribution in [0.3, 0.4) is 0 Å². The van der Waals surface area contributed by atoms with E-state index in [9.17, 15) is 24.0 Å². The number of nitrogens with two attached hydrogens (primary N) is 1. The summed E-state index contributed by atoms with van der Waals surface area (Å²) >= 11 is 0. The molecule has 13 heteroatoms. The highest BCUT2D eigenvalue weighted by molar-refractivity contribution is 6.07. The number of carbonyl (C=O) groups excluding carboxylic acids is 5. The fourth-order valence-corrected chi connectivity index (χ4v) is 8.70. The van der Waals surface area contributed by atoms with Crippen molar-refractivity contribution in [3.05, 3.63) is 124 Å². The minimum Gasteiger partial charge on any atom is -0.449 e. The fraction of sp³-hybridized carbons (Fsp3) is 0.408. The Morgan fingerprint density at radius 1 is 0.855 bits per heavy atom. The van der Waals surface area contributed by atoms with Crippen LogP contribution in [0, 0.1) is 0 Å². The van der Waals surface area contributed by atoms with E-state index in [1.165, 1.54) is 4.90 Å². The van der Waals surface area contributed by atoms with Crippen molar-refractivity contribution < 1.29 is 38.2 Å². The molecular formula is C49H57N5O8. The second-order valence-corrected chi connectivity index (χ2v) is 17.4. The Balaban J connectivity index is 0.964. The van der Waals surface area contributed by atoms with Gasteiger partial charge in [0.1, 0.15) is 24.3 Å². The van der Waals surface area contributed by atoms with Crippen LogP contribution in [0.25, 0.3) is 11.1 Å². The quantitative estimate of drug-likeness (QED) is 0.0911. The zero-order valence-corrected chi connectivity index (χ0v) is 35.9. The van der Waals surface area contributed by atoms with Crippen LogP contribution >= 0.6 is 0 Å². The van der Waals surface area contributed by atoms with Gasteiger partial charge in [-0.25, -0.2) is 9.59 Å². The highest BCUT2D eigenvalue weighted by Crippen LogP contribution is 2.44. The summed E-state index contributed by atoms with van der Waals surface area (Å²) in [5.74, 6) is -1.42. The number of aryl methyl sites for hydroxylation is 2. The lowest BCUT2D eigenvalue weighted by Crippen LogP contribution is -2.56. The summed E-state index contributed by atoms with van der Waals surface area (Å²) in [6.45, 7) is 8.17. The van der Waals surface area contributed by atoms with Crippen molar-refractivity contribution in [1.82, 2.24) is 16.0 Å². The summed E-state index contributed by atoms with van der Waals surface area (Å²) < 4.78 is 17.4. The van der Waals surface area contributed by atoms with Crippen molar-refractivity contribution in [3.63, 3.8) is 0 Å². The molecule has 326 valence electrons. The van der Waals surface area contributed by atoms with E-state index >= 15 is 0 Å². The molecule has 4 atom stereocenters. The molecule has 0 radical (unpaired) electrons. The van der Waals surface area contributed by atoms with Crippen LogP contribution in [-0.2, 0) is 54.5 Å². The van der Waals surface area contributed by atoms with E-state index in [1.807, 2.05) is 107 Å². The number of alkyl carbamates (subject to hydrolysis) is 2. The van der Waals surface area contributed by atoms with E-state index in [1.54, 1.807) is 0 Å². The number of carbonyl (C=O) groups is 5. The molecule has 0 aromatic heterocycles. The Bertz CT molecular complexity index is 2240. The Hall–Kier alpha value is -6.21. The first-order chi connectivity index (χ1) is 29.8. The summed E-state index contributed by atoms with van der Waals surface area (Å²) in [5.41, 5.74) is 14.0. The number of amides is 5. The number of hydrogen-bond donors (Lipinski definition) is 4. The molecule has 0 saturated carbocycles. The summed E-state index contributed by atoms with van der Waals surface area (Å²) in [4.78, 5) is 67.6. The summed E-state index contributed by atoms with van der Waals surface area (Å²) in [6.07, 6.45) is 1.29. The number of para-hydroxylation sites is 1. The topological polar surface area (TPSA) is 178 Å². The molecule has 5 N–H and O–H groups in total. The highest BCUT2D eigenvalue weighted by atomic mass is 16.6. The maximum Gasteiger partial charge on any atom is 0.407 e. The average molecular weight is 844 g/mol. The standard InChI is InChI=1S/C49H57N5O8/c1-30(60-28-32-20-18-31(19-21-32)11-10-26-51-47(58)62-49(2,3)4)40(24-25-43(50)55)52-45(56)42-27-34-13-9-12-33-22-23-41(46(57)54(42)44(33)34)53-48(59)61-29-39-37-16-7-5-14-35(37)36-15-6-8-17-38(36)39/h5-9,12-21,30,39-42H,10-11,22-29H2,1-4H3,(H2,50,55)(H,51,58)(H,52,56)(H,53,59)/t30?,40?,41-,42-/m0/s1. The smallest absolute Gasteiger partial charge is 0.407 e. The third-order valence-electron chi connectivity index (χ3n) is 11.8. The second-order valence-electron chi connectivity index (χ2n) is 17.4. The maximum absolute atomic E-state index is 14.4. The highest BCUT2D eigenvalue weighted by Gasteiger charge is 2.45. The van der Waals surface area contributed by atoms with Crippen LogP contribution in [0.5, 0.6) is 0 Å². The molecule has 1 aliphatic carbocycles. The summed E-state index contributed by atoms with van der Waals surface area (Å²) in [5, 5.41) is 8.72. The molecule has 62 heavy (non-hydrogen) atoms. The van der Waals surface area contributed by atoms with Crippen molar-refractivity contribution in [2.75, 3.05) is 18.1 Å². The van der Waals surface area contributed by atoms with Crippen LogP contribution in [-0.4, -0.2) is 72.9 Å². The van der Waals surface area contributed by atoms with E-state index in [0.717, 1.165) is 57.3 Å². The Morgan fingerprint density at radius 3 is 2.19 bits per heavy atom. The molecule has 13 nitrogen and oxygen atoms in total. The molecule has 0 bridgehead atoms. The molecule has 2 aliphatic heterocycles. The zero-order valence-electron chi connectivity index (χ0n) is 35.9. The largest absolute Gasteiger partial charge is 0.449 e. The molecule has 0 spiro atoms. The van der Waals surface area contributed by atoms with Gasteiger partial charge in [0, 0.05) is 25.3 Å². The third-order valence-corrected chi connectivity index (χ3v) is 11.8.